The average Bonchev–Trinajstić information content (AvgIpc) is 3.20. The predicted octanol–water partition coefficient (Wildman–Crippen LogP) is 3.89. The fraction of sp³-hybridized carbons (Fsp3) is 0.118. The largest absolute Gasteiger partial charge is 0.390 e. The van der Waals surface area contributed by atoms with Crippen molar-refractivity contribution in [3.63, 3.8) is 0 Å². The van der Waals surface area contributed by atoms with E-state index in [1.54, 1.807) is 16.8 Å². The number of rotatable bonds is 2. The zero-order chi connectivity index (χ0) is 18.0. The van der Waals surface area contributed by atoms with Crippen LogP contribution in [0.2, 0.25) is 0 Å². The molecule has 0 aliphatic carbocycles. The van der Waals surface area contributed by atoms with Crippen LogP contribution in [-0.4, -0.2) is 29.7 Å². The van der Waals surface area contributed by atoms with E-state index in [2.05, 4.69) is 41.8 Å². The highest BCUT2D eigenvalue weighted by atomic mass is 79.9. The Bertz CT molecular complexity index is 1060. The van der Waals surface area contributed by atoms with Crippen molar-refractivity contribution in [2.45, 2.75) is 13.5 Å². The molecule has 0 aliphatic rings. The summed E-state index contributed by atoms with van der Waals surface area (Å²) < 4.78 is 5.45. The zero-order valence-electron chi connectivity index (χ0n) is 13.2. The molecule has 0 spiro atoms. The van der Waals surface area contributed by atoms with Gasteiger partial charge in [-0.05, 0) is 56.1 Å². The SMILES string of the molecule is CC(=O)c1cnc2c(Br)cccn12.OCc1cnc2c(Br)cccn12. The summed E-state index contributed by atoms with van der Waals surface area (Å²) in [6.07, 6.45) is 6.95. The monoisotopic (exact) mass is 464 g/mol. The van der Waals surface area contributed by atoms with E-state index < -0.39 is 0 Å². The third-order valence-electron chi connectivity index (χ3n) is 3.58. The van der Waals surface area contributed by atoms with E-state index in [1.807, 2.05) is 41.1 Å². The molecule has 0 saturated carbocycles. The number of hydrogen-bond acceptors (Lipinski definition) is 4. The van der Waals surface area contributed by atoms with Gasteiger partial charge in [0.2, 0.25) is 0 Å². The fourth-order valence-corrected chi connectivity index (χ4v) is 3.27. The topological polar surface area (TPSA) is 71.9 Å². The van der Waals surface area contributed by atoms with Crippen molar-refractivity contribution in [1.29, 1.82) is 0 Å². The standard InChI is InChI=1S/C9H7BrN2O.C8H7BrN2O/c1-6(13)8-5-11-9-7(10)3-2-4-12(8)9;9-7-2-1-3-11-6(5-12)4-10-8(7)11/h2-5H,1H3;1-4,12H,5H2. The molecule has 0 fully saturated rings. The van der Waals surface area contributed by atoms with Gasteiger partial charge in [-0.2, -0.15) is 0 Å². The van der Waals surface area contributed by atoms with Crippen LogP contribution < -0.4 is 0 Å². The lowest BCUT2D eigenvalue weighted by Gasteiger charge is -1.97. The molecule has 4 aromatic heterocycles. The summed E-state index contributed by atoms with van der Waals surface area (Å²) in [7, 11) is 0. The summed E-state index contributed by atoms with van der Waals surface area (Å²) in [6.45, 7) is 1.54. The van der Waals surface area contributed by atoms with Crippen LogP contribution in [0.1, 0.15) is 23.1 Å². The Morgan fingerprint density at radius 1 is 1.04 bits per heavy atom. The number of carbonyl (C=O) groups excluding carboxylic acids is 1. The molecule has 4 aromatic rings. The molecule has 128 valence electrons. The lowest BCUT2D eigenvalue weighted by molar-refractivity contribution is 0.101. The van der Waals surface area contributed by atoms with Crippen LogP contribution in [-0.2, 0) is 6.61 Å². The van der Waals surface area contributed by atoms with Gasteiger partial charge >= 0.3 is 0 Å². The Morgan fingerprint density at radius 2 is 1.60 bits per heavy atom. The summed E-state index contributed by atoms with van der Waals surface area (Å²) in [5.74, 6) is 0.0191. The number of halogens is 2. The third-order valence-corrected chi connectivity index (χ3v) is 4.81. The van der Waals surface area contributed by atoms with Gasteiger partial charge in [-0.15, -0.1) is 0 Å². The lowest BCUT2D eigenvalue weighted by Crippen LogP contribution is -1.97. The second kappa shape index (κ2) is 7.47. The van der Waals surface area contributed by atoms with Gasteiger partial charge in [0.25, 0.3) is 0 Å². The van der Waals surface area contributed by atoms with E-state index in [0.717, 1.165) is 25.9 Å². The van der Waals surface area contributed by atoms with Crippen LogP contribution in [0.4, 0.5) is 0 Å². The normalized spacial score (nSPS) is 10.7. The molecular weight excluding hydrogens is 452 g/mol. The van der Waals surface area contributed by atoms with Crippen LogP contribution in [0.15, 0.2) is 58.0 Å². The van der Waals surface area contributed by atoms with Crippen molar-refractivity contribution in [2.24, 2.45) is 0 Å². The van der Waals surface area contributed by atoms with Gasteiger partial charge in [0.05, 0.1) is 33.6 Å². The molecule has 0 atom stereocenters. The van der Waals surface area contributed by atoms with Crippen molar-refractivity contribution in [1.82, 2.24) is 18.8 Å². The minimum absolute atomic E-state index is 0.0115. The number of aromatic nitrogens is 4. The predicted molar refractivity (Wildman–Crippen MR) is 102 cm³/mol. The maximum atomic E-state index is 11.2. The summed E-state index contributed by atoms with van der Waals surface area (Å²) in [6, 6.07) is 7.58. The lowest BCUT2D eigenvalue weighted by atomic mass is 10.3. The van der Waals surface area contributed by atoms with E-state index in [9.17, 15) is 4.79 Å². The molecule has 6 nitrogen and oxygen atoms in total. The molecule has 0 bridgehead atoms. The summed E-state index contributed by atoms with van der Waals surface area (Å²) in [4.78, 5) is 19.4. The van der Waals surface area contributed by atoms with Crippen molar-refractivity contribution >= 4 is 48.9 Å². The minimum Gasteiger partial charge on any atom is -0.390 e. The number of aliphatic hydroxyl groups is 1. The quantitative estimate of drug-likeness (QED) is 0.456. The second-order valence-electron chi connectivity index (χ2n) is 5.21. The highest BCUT2D eigenvalue weighted by Gasteiger charge is 2.08. The van der Waals surface area contributed by atoms with Crippen LogP contribution in [0.5, 0.6) is 0 Å². The number of nitrogens with zero attached hydrogens (tertiary/aromatic N) is 4. The Labute approximate surface area is 160 Å². The Morgan fingerprint density at radius 3 is 2.20 bits per heavy atom. The van der Waals surface area contributed by atoms with E-state index in [1.165, 1.54) is 6.92 Å². The van der Waals surface area contributed by atoms with Gasteiger partial charge in [0, 0.05) is 19.3 Å². The molecule has 0 saturated heterocycles. The van der Waals surface area contributed by atoms with Gasteiger partial charge < -0.3 is 9.51 Å². The third kappa shape index (κ3) is 3.51. The smallest absolute Gasteiger partial charge is 0.178 e. The molecular formula is C17H14Br2N4O2. The van der Waals surface area contributed by atoms with Crippen molar-refractivity contribution < 1.29 is 9.90 Å². The number of imidazole rings is 2. The summed E-state index contributed by atoms with van der Waals surface area (Å²) in [5, 5.41) is 8.94. The molecule has 0 amide bonds. The molecule has 0 unspecified atom stereocenters. The first-order chi connectivity index (χ1) is 12.0. The molecule has 1 N–H and O–H groups in total. The first kappa shape index (κ1) is 17.8. The van der Waals surface area contributed by atoms with Gasteiger partial charge in [-0.1, -0.05) is 0 Å². The van der Waals surface area contributed by atoms with Gasteiger partial charge in [-0.3, -0.25) is 9.20 Å². The molecule has 8 heteroatoms. The van der Waals surface area contributed by atoms with E-state index in [0.29, 0.717) is 5.69 Å². The van der Waals surface area contributed by atoms with E-state index in [4.69, 9.17) is 5.11 Å². The van der Waals surface area contributed by atoms with Crippen molar-refractivity contribution in [3.05, 3.63) is 69.4 Å². The molecule has 25 heavy (non-hydrogen) atoms. The minimum atomic E-state index is 0.0115. The van der Waals surface area contributed by atoms with Gasteiger partial charge in [0.1, 0.15) is 5.69 Å². The fourth-order valence-electron chi connectivity index (χ4n) is 2.38. The summed E-state index contributed by atoms with van der Waals surface area (Å²) in [5.41, 5.74) is 3.01. The van der Waals surface area contributed by atoms with Crippen LogP contribution >= 0.6 is 31.9 Å². The van der Waals surface area contributed by atoms with Crippen molar-refractivity contribution in [2.75, 3.05) is 0 Å². The van der Waals surface area contributed by atoms with Crippen LogP contribution in [0.3, 0.4) is 0 Å². The number of pyridine rings is 2. The maximum absolute atomic E-state index is 11.2. The van der Waals surface area contributed by atoms with Gasteiger partial charge in [-0.25, -0.2) is 9.97 Å². The summed E-state index contributed by atoms with van der Waals surface area (Å²) >= 11 is 6.74. The Hall–Kier alpha value is -2.03. The molecule has 4 heterocycles. The van der Waals surface area contributed by atoms with Gasteiger partial charge in [0.15, 0.2) is 17.1 Å². The highest BCUT2D eigenvalue weighted by molar-refractivity contribution is 9.11. The van der Waals surface area contributed by atoms with E-state index in [-0.39, 0.29) is 12.4 Å². The molecule has 4 rings (SSSR count). The Balaban J connectivity index is 0.000000146. The maximum Gasteiger partial charge on any atom is 0.178 e. The van der Waals surface area contributed by atoms with Crippen LogP contribution in [0.25, 0.3) is 11.3 Å². The highest BCUT2D eigenvalue weighted by Crippen LogP contribution is 2.18. The number of hydrogen-bond donors (Lipinski definition) is 1. The number of carbonyl (C=O) groups is 1. The number of fused-ring (bicyclic) bond motifs is 2. The second-order valence-corrected chi connectivity index (χ2v) is 6.92. The van der Waals surface area contributed by atoms with E-state index >= 15 is 0 Å². The number of aliphatic hydroxyl groups excluding tert-OH is 1. The zero-order valence-corrected chi connectivity index (χ0v) is 16.4. The number of Topliss-reactive ketones (excluding diaryl/α,β-unsaturated/α-hetero) is 1. The van der Waals surface area contributed by atoms with Crippen molar-refractivity contribution in [3.8, 4) is 0 Å². The van der Waals surface area contributed by atoms with Crippen LogP contribution in [0, 0.1) is 0 Å². The number of ketones is 1. The average molecular weight is 466 g/mol. The first-order valence-corrected chi connectivity index (χ1v) is 8.95. The molecule has 0 aliphatic heterocycles. The first-order valence-electron chi connectivity index (χ1n) is 7.36. The molecule has 0 radical (unpaired) electrons. The molecule has 0 aromatic carbocycles. The Kier molecular flexibility index (Phi) is 5.31.